The summed E-state index contributed by atoms with van der Waals surface area (Å²) in [5, 5.41) is 8.05. The van der Waals surface area contributed by atoms with Gasteiger partial charge in [0.2, 0.25) is 0 Å². The number of pyridine rings is 1. The third kappa shape index (κ3) is 2.97. The summed E-state index contributed by atoms with van der Waals surface area (Å²) in [6.45, 7) is 0.503. The number of rotatable bonds is 2. The lowest BCUT2D eigenvalue weighted by Crippen LogP contribution is -2.39. The molecule has 27 heavy (non-hydrogen) atoms. The third-order valence-electron chi connectivity index (χ3n) is 5.22. The lowest BCUT2D eigenvalue weighted by atomic mass is 10.1. The van der Waals surface area contributed by atoms with Crippen LogP contribution in [0.15, 0.2) is 39.9 Å². The zero-order valence-corrected chi connectivity index (χ0v) is 15.3. The van der Waals surface area contributed by atoms with Gasteiger partial charge in [0.15, 0.2) is 0 Å². The van der Waals surface area contributed by atoms with Crippen molar-refractivity contribution in [1.29, 1.82) is 0 Å². The highest BCUT2D eigenvalue weighted by Crippen LogP contribution is 2.14. The minimum atomic E-state index is -0.376. The van der Waals surface area contributed by atoms with Gasteiger partial charge in [0.05, 0.1) is 5.52 Å². The van der Waals surface area contributed by atoms with E-state index in [0.29, 0.717) is 25.8 Å². The number of para-hydroxylation sites is 1. The fourth-order valence-electron chi connectivity index (χ4n) is 3.69. The molecule has 1 aromatic carbocycles. The quantitative estimate of drug-likeness (QED) is 0.717. The van der Waals surface area contributed by atoms with E-state index in [9.17, 15) is 14.4 Å². The first kappa shape index (κ1) is 17.3. The van der Waals surface area contributed by atoms with Crippen molar-refractivity contribution < 1.29 is 4.79 Å². The van der Waals surface area contributed by atoms with Gasteiger partial charge >= 0.3 is 5.69 Å². The van der Waals surface area contributed by atoms with Gasteiger partial charge in [0.1, 0.15) is 11.4 Å². The van der Waals surface area contributed by atoms with E-state index in [0.717, 1.165) is 16.7 Å². The Morgan fingerprint density at radius 3 is 2.78 bits per heavy atom. The standard InChI is InChI=1S/C19H21N5O3/c1-22-15-6-4-3-5-12(15)11-14(18(22)26)17(25)20-13-7-8-16-21-23(2)19(27)24(16)10-9-13/h3-6,11,13H,7-10H2,1-2H3,(H,20,25). The molecule has 0 bridgehead atoms. The van der Waals surface area contributed by atoms with Crippen molar-refractivity contribution in [1.82, 2.24) is 24.2 Å². The van der Waals surface area contributed by atoms with Crippen LogP contribution in [0.25, 0.3) is 10.9 Å². The fourth-order valence-corrected chi connectivity index (χ4v) is 3.69. The van der Waals surface area contributed by atoms with Crippen LogP contribution in [0.2, 0.25) is 0 Å². The molecular formula is C19H21N5O3. The molecule has 3 heterocycles. The molecule has 0 saturated carbocycles. The van der Waals surface area contributed by atoms with Gasteiger partial charge in [-0.2, -0.15) is 5.10 Å². The zero-order chi connectivity index (χ0) is 19.1. The molecule has 2 aromatic heterocycles. The molecule has 0 spiro atoms. The maximum absolute atomic E-state index is 12.8. The molecular weight excluding hydrogens is 346 g/mol. The number of aromatic nitrogens is 4. The predicted octanol–water partition coefficient (Wildman–Crippen LogP) is 0.569. The highest BCUT2D eigenvalue weighted by atomic mass is 16.2. The molecule has 8 nitrogen and oxygen atoms in total. The number of nitrogens with one attached hydrogen (secondary N) is 1. The van der Waals surface area contributed by atoms with E-state index in [-0.39, 0.29) is 28.8 Å². The van der Waals surface area contributed by atoms with Gasteiger partial charge in [-0.25, -0.2) is 9.48 Å². The lowest BCUT2D eigenvalue weighted by molar-refractivity contribution is 0.0931. The van der Waals surface area contributed by atoms with Gasteiger partial charge in [-0.05, 0) is 30.4 Å². The zero-order valence-electron chi connectivity index (χ0n) is 15.3. The van der Waals surface area contributed by atoms with Crippen LogP contribution in [-0.4, -0.2) is 30.9 Å². The summed E-state index contributed by atoms with van der Waals surface area (Å²) >= 11 is 0. The fraction of sp³-hybridized carbons (Fsp3) is 0.368. The molecule has 0 saturated heterocycles. The molecule has 1 aliphatic rings. The van der Waals surface area contributed by atoms with E-state index in [2.05, 4.69) is 10.4 Å². The van der Waals surface area contributed by atoms with Crippen molar-refractivity contribution >= 4 is 16.8 Å². The van der Waals surface area contributed by atoms with Crippen LogP contribution in [0.3, 0.4) is 0 Å². The first-order valence-electron chi connectivity index (χ1n) is 8.98. The summed E-state index contributed by atoms with van der Waals surface area (Å²) < 4.78 is 4.49. The van der Waals surface area contributed by atoms with Gasteiger partial charge in [-0.1, -0.05) is 18.2 Å². The second-order valence-corrected chi connectivity index (χ2v) is 6.95. The number of fused-ring (bicyclic) bond motifs is 2. The summed E-state index contributed by atoms with van der Waals surface area (Å²) in [6, 6.07) is 9.00. The van der Waals surface area contributed by atoms with E-state index in [4.69, 9.17) is 0 Å². The molecule has 1 aliphatic heterocycles. The van der Waals surface area contributed by atoms with Gasteiger partial charge in [-0.15, -0.1) is 0 Å². The number of benzene rings is 1. The number of amides is 1. The third-order valence-corrected chi connectivity index (χ3v) is 5.22. The highest BCUT2D eigenvalue weighted by molar-refractivity contribution is 5.97. The summed E-state index contributed by atoms with van der Waals surface area (Å²) in [7, 11) is 3.31. The Morgan fingerprint density at radius 2 is 1.96 bits per heavy atom. The van der Waals surface area contributed by atoms with Crippen LogP contribution in [0.4, 0.5) is 0 Å². The van der Waals surface area contributed by atoms with Gasteiger partial charge < -0.3 is 9.88 Å². The van der Waals surface area contributed by atoms with E-state index in [1.165, 1.54) is 9.25 Å². The Kier molecular flexibility index (Phi) is 4.18. The van der Waals surface area contributed by atoms with Crippen molar-refractivity contribution in [3.8, 4) is 0 Å². The smallest absolute Gasteiger partial charge is 0.345 e. The SMILES string of the molecule is Cn1nc2n(c1=O)CCC(NC(=O)c1cc3ccccc3n(C)c1=O)CC2. The minimum Gasteiger partial charge on any atom is -0.349 e. The molecule has 0 fully saturated rings. The molecule has 0 aliphatic carbocycles. The molecule has 4 rings (SSSR count). The van der Waals surface area contributed by atoms with Crippen molar-refractivity contribution in [3.05, 3.63) is 62.6 Å². The average molecular weight is 367 g/mol. The Bertz CT molecular complexity index is 1150. The van der Waals surface area contributed by atoms with Crippen LogP contribution >= 0.6 is 0 Å². The predicted molar refractivity (Wildman–Crippen MR) is 101 cm³/mol. The first-order valence-corrected chi connectivity index (χ1v) is 8.98. The Balaban J connectivity index is 1.56. The van der Waals surface area contributed by atoms with Gasteiger partial charge in [-0.3, -0.25) is 14.2 Å². The molecule has 140 valence electrons. The number of hydrogen-bond donors (Lipinski definition) is 1. The Labute approximate surface area is 155 Å². The van der Waals surface area contributed by atoms with Crippen LogP contribution in [0.1, 0.15) is 29.0 Å². The monoisotopic (exact) mass is 367 g/mol. The van der Waals surface area contributed by atoms with E-state index < -0.39 is 0 Å². The molecule has 1 N–H and O–H groups in total. The molecule has 8 heteroatoms. The van der Waals surface area contributed by atoms with Gasteiger partial charge in [0, 0.05) is 33.1 Å². The normalized spacial score (nSPS) is 16.7. The molecule has 0 radical (unpaired) electrons. The van der Waals surface area contributed by atoms with E-state index in [1.807, 2.05) is 24.3 Å². The maximum Gasteiger partial charge on any atom is 0.345 e. The average Bonchev–Trinajstić information content (AvgIpc) is 2.81. The van der Waals surface area contributed by atoms with Crippen molar-refractivity contribution in [2.75, 3.05) is 0 Å². The summed E-state index contributed by atoms with van der Waals surface area (Å²) in [4.78, 5) is 37.4. The topological polar surface area (TPSA) is 90.9 Å². The van der Waals surface area contributed by atoms with Crippen molar-refractivity contribution in [3.63, 3.8) is 0 Å². The van der Waals surface area contributed by atoms with E-state index in [1.54, 1.807) is 24.7 Å². The molecule has 1 amide bonds. The second-order valence-electron chi connectivity index (χ2n) is 6.95. The molecule has 1 unspecified atom stereocenters. The highest BCUT2D eigenvalue weighted by Gasteiger charge is 2.23. The van der Waals surface area contributed by atoms with Crippen molar-refractivity contribution in [2.24, 2.45) is 14.1 Å². The van der Waals surface area contributed by atoms with Crippen LogP contribution < -0.4 is 16.6 Å². The summed E-state index contributed by atoms with van der Waals surface area (Å²) in [6.07, 6.45) is 1.91. The lowest BCUT2D eigenvalue weighted by Gasteiger charge is -2.16. The number of hydrogen-bond acceptors (Lipinski definition) is 4. The van der Waals surface area contributed by atoms with Crippen molar-refractivity contribution in [2.45, 2.75) is 31.8 Å². The number of nitrogens with zero attached hydrogens (tertiary/aromatic N) is 4. The summed E-state index contributed by atoms with van der Waals surface area (Å²) in [5.41, 5.74) is 0.464. The van der Waals surface area contributed by atoms with Gasteiger partial charge in [0.25, 0.3) is 11.5 Å². The minimum absolute atomic E-state index is 0.111. The van der Waals surface area contributed by atoms with E-state index >= 15 is 0 Å². The largest absolute Gasteiger partial charge is 0.349 e. The number of aryl methyl sites for hydroxylation is 3. The van der Waals surface area contributed by atoms with Crippen LogP contribution in [0, 0.1) is 0 Å². The maximum atomic E-state index is 12.8. The first-order chi connectivity index (χ1) is 13.0. The Hall–Kier alpha value is -3.16. The number of carbonyl (C=O) groups excluding carboxylic acids is 1. The molecule has 1 atom stereocenters. The Morgan fingerprint density at radius 1 is 1.19 bits per heavy atom. The number of carbonyl (C=O) groups is 1. The van der Waals surface area contributed by atoms with Crippen LogP contribution in [0.5, 0.6) is 0 Å². The summed E-state index contributed by atoms with van der Waals surface area (Å²) in [5.74, 6) is 0.361. The second kappa shape index (κ2) is 6.53. The van der Waals surface area contributed by atoms with Crippen LogP contribution in [-0.2, 0) is 27.1 Å². The molecule has 3 aromatic rings.